The first-order chi connectivity index (χ1) is 14.8. The third kappa shape index (κ3) is 3.87. The van der Waals surface area contributed by atoms with E-state index in [4.69, 9.17) is 0 Å². The quantitative estimate of drug-likeness (QED) is 0.499. The molecular weight excluding hydrogens is 376 g/mol. The van der Waals surface area contributed by atoms with Crippen molar-refractivity contribution in [1.29, 1.82) is 0 Å². The molecule has 3 heterocycles. The predicted molar refractivity (Wildman–Crippen MR) is 115 cm³/mol. The molecule has 0 spiro atoms. The lowest BCUT2D eigenvalue weighted by Gasteiger charge is -2.08. The smallest absolute Gasteiger partial charge is 0.251 e. The minimum atomic E-state index is -0.00853. The summed E-state index contributed by atoms with van der Waals surface area (Å²) in [4.78, 5) is 25.6. The number of imidazole rings is 1. The fraction of sp³-hybridized carbons (Fsp3) is 0.217. The molecule has 1 aliphatic carbocycles. The number of pyridine rings is 1. The molecule has 150 valence electrons. The molecule has 2 N–H and O–H groups in total. The largest absolute Gasteiger partial charge is 0.367 e. The van der Waals surface area contributed by atoms with Crippen molar-refractivity contribution in [3.05, 3.63) is 78.5 Å². The van der Waals surface area contributed by atoms with Crippen LogP contribution in [0.3, 0.4) is 0 Å². The Morgan fingerprint density at radius 2 is 1.90 bits per heavy atom. The van der Waals surface area contributed by atoms with Gasteiger partial charge in [0, 0.05) is 54.4 Å². The van der Waals surface area contributed by atoms with Gasteiger partial charge in [-0.2, -0.15) is 0 Å². The maximum Gasteiger partial charge on any atom is 0.251 e. The Morgan fingerprint density at radius 3 is 2.67 bits per heavy atom. The highest BCUT2D eigenvalue weighted by Crippen LogP contribution is 2.24. The second-order valence-electron chi connectivity index (χ2n) is 7.44. The third-order valence-electron chi connectivity index (χ3n) is 5.18. The number of carbonyl (C=O) groups is 1. The number of hydrogen-bond acceptors (Lipinski definition) is 5. The number of fused-ring (bicyclic) bond motifs is 1. The van der Waals surface area contributed by atoms with E-state index in [1.54, 1.807) is 12.4 Å². The van der Waals surface area contributed by atoms with E-state index in [-0.39, 0.29) is 5.91 Å². The van der Waals surface area contributed by atoms with Gasteiger partial charge in [0.15, 0.2) is 11.5 Å². The Labute approximate surface area is 174 Å². The number of nitrogens with one attached hydrogen (secondary N) is 2. The number of carbonyl (C=O) groups excluding carboxylic acids is 1. The molecule has 7 nitrogen and oxygen atoms in total. The average molecular weight is 398 g/mol. The molecule has 3 aromatic heterocycles. The summed E-state index contributed by atoms with van der Waals surface area (Å²) in [7, 11) is 0. The second kappa shape index (κ2) is 7.94. The molecule has 0 bridgehead atoms. The summed E-state index contributed by atoms with van der Waals surface area (Å²) >= 11 is 0. The highest BCUT2D eigenvalue weighted by atomic mass is 16.1. The molecule has 1 amide bonds. The molecule has 1 fully saturated rings. The van der Waals surface area contributed by atoms with Gasteiger partial charge >= 0.3 is 0 Å². The van der Waals surface area contributed by atoms with Crippen LogP contribution in [-0.4, -0.2) is 37.8 Å². The topological polar surface area (TPSA) is 84.2 Å². The Hall–Kier alpha value is -3.74. The van der Waals surface area contributed by atoms with Crippen LogP contribution in [0.5, 0.6) is 0 Å². The minimum absolute atomic E-state index is 0.00853. The van der Waals surface area contributed by atoms with Gasteiger partial charge in [-0.05, 0) is 37.1 Å². The number of aromatic nitrogens is 4. The maximum atomic E-state index is 12.2. The van der Waals surface area contributed by atoms with Gasteiger partial charge in [-0.25, -0.2) is 9.97 Å². The van der Waals surface area contributed by atoms with E-state index < -0.39 is 0 Å². The Morgan fingerprint density at radius 1 is 1.03 bits per heavy atom. The second-order valence-corrected chi connectivity index (χ2v) is 7.44. The van der Waals surface area contributed by atoms with Crippen molar-refractivity contribution < 1.29 is 4.79 Å². The van der Waals surface area contributed by atoms with E-state index in [1.807, 2.05) is 59.3 Å². The van der Waals surface area contributed by atoms with Crippen LogP contribution in [0.25, 0.3) is 16.9 Å². The Kier molecular flexibility index (Phi) is 4.85. The lowest BCUT2D eigenvalue weighted by molar-refractivity contribution is 0.0951. The van der Waals surface area contributed by atoms with Gasteiger partial charge in [0.2, 0.25) is 0 Å². The van der Waals surface area contributed by atoms with Gasteiger partial charge in [-0.15, -0.1) is 0 Å². The van der Waals surface area contributed by atoms with Crippen molar-refractivity contribution in [2.75, 3.05) is 11.9 Å². The van der Waals surface area contributed by atoms with Crippen LogP contribution in [0.15, 0.2) is 67.3 Å². The van der Waals surface area contributed by atoms with Gasteiger partial charge in [-0.3, -0.25) is 14.2 Å². The summed E-state index contributed by atoms with van der Waals surface area (Å²) in [6.07, 6.45) is 10.3. The number of anilines is 1. The standard InChI is InChI=1S/C23H22N6O/c30-23(28-19-8-9-19)17-6-4-16(5-7-17)20-15-27-22-21(26-13-14-29(20)22)25-12-10-18-3-1-2-11-24-18/h1-7,11,13-15,19H,8-10,12H2,(H,25,26)(H,28,30). The van der Waals surface area contributed by atoms with Crippen LogP contribution < -0.4 is 10.6 Å². The first-order valence-electron chi connectivity index (χ1n) is 10.1. The fourth-order valence-electron chi connectivity index (χ4n) is 3.40. The number of hydrogen-bond donors (Lipinski definition) is 2. The van der Waals surface area contributed by atoms with Crippen molar-refractivity contribution in [2.45, 2.75) is 25.3 Å². The molecule has 5 rings (SSSR count). The SMILES string of the molecule is O=C(NC1CC1)c1ccc(-c2cnc3c(NCCc4ccccn4)nccn23)cc1. The van der Waals surface area contributed by atoms with Crippen LogP contribution in [0.1, 0.15) is 28.9 Å². The third-order valence-corrected chi connectivity index (χ3v) is 5.18. The molecular formula is C23H22N6O. The van der Waals surface area contributed by atoms with E-state index in [9.17, 15) is 4.79 Å². The van der Waals surface area contributed by atoms with Crippen molar-refractivity contribution in [3.63, 3.8) is 0 Å². The zero-order valence-corrected chi connectivity index (χ0v) is 16.5. The molecule has 7 heteroatoms. The molecule has 0 unspecified atom stereocenters. The highest BCUT2D eigenvalue weighted by molar-refractivity contribution is 5.95. The van der Waals surface area contributed by atoms with Gasteiger partial charge in [-0.1, -0.05) is 18.2 Å². The number of nitrogens with zero attached hydrogens (tertiary/aromatic N) is 4. The molecule has 30 heavy (non-hydrogen) atoms. The van der Waals surface area contributed by atoms with Crippen molar-refractivity contribution in [1.82, 2.24) is 24.7 Å². The molecule has 0 atom stereocenters. The maximum absolute atomic E-state index is 12.2. The summed E-state index contributed by atoms with van der Waals surface area (Å²) < 4.78 is 2.01. The van der Waals surface area contributed by atoms with Gasteiger partial charge < -0.3 is 10.6 Å². The molecule has 0 saturated heterocycles. The monoisotopic (exact) mass is 398 g/mol. The van der Waals surface area contributed by atoms with Crippen LogP contribution >= 0.6 is 0 Å². The fourth-order valence-corrected chi connectivity index (χ4v) is 3.40. The van der Waals surface area contributed by atoms with E-state index in [2.05, 4.69) is 25.6 Å². The van der Waals surface area contributed by atoms with Crippen molar-refractivity contribution >= 4 is 17.4 Å². The summed E-state index contributed by atoms with van der Waals surface area (Å²) in [5, 5.41) is 6.38. The van der Waals surface area contributed by atoms with Crippen LogP contribution in [-0.2, 0) is 6.42 Å². The summed E-state index contributed by atoms with van der Waals surface area (Å²) in [5.74, 6) is 0.728. The molecule has 1 aromatic carbocycles. The summed E-state index contributed by atoms with van der Waals surface area (Å²) in [5.41, 5.74) is 4.43. The summed E-state index contributed by atoms with van der Waals surface area (Å²) in [6, 6.07) is 13.9. The van der Waals surface area contributed by atoms with Crippen molar-refractivity contribution in [2.24, 2.45) is 0 Å². The molecule has 1 aliphatic rings. The predicted octanol–water partition coefficient (Wildman–Crippen LogP) is 3.34. The normalized spacial score (nSPS) is 13.3. The zero-order chi connectivity index (χ0) is 20.3. The Bertz CT molecular complexity index is 1170. The van der Waals surface area contributed by atoms with Gasteiger partial charge in [0.05, 0.1) is 11.9 Å². The van der Waals surface area contributed by atoms with Crippen LogP contribution in [0.2, 0.25) is 0 Å². The lowest BCUT2D eigenvalue weighted by Crippen LogP contribution is -2.25. The number of rotatable bonds is 7. The Balaban J connectivity index is 1.33. The molecule has 1 saturated carbocycles. The zero-order valence-electron chi connectivity index (χ0n) is 16.5. The minimum Gasteiger partial charge on any atom is -0.367 e. The van der Waals surface area contributed by atoms with Crippen molar-refractivity contribution in [3.8, 4) is 11.3 Å². The van der Waals surface area contributed by atoms with Crippen LogP contribution in [0, 0.1) is 0 Å². The van der Waals surface area contributed by atoms with E-state index in [0.29, 0.717) is 11.6 Å². The molecule has 0 radical (unpaired) electrons. The van der Waals surface area contributed by atoms with E-state index >= 15 is 0 Å². The lowest BCUT2D eigenvalue weighted by atomic mass is 10.1. The first kappa shape index (κ1) is 18.3. The van der Waals surface area contributed by atoms with Gasteiger partial charge in [0.1, 0.15) is 0 Å². The van der Waals surface area contributed by atoms with E-state index in [0.717, 1.165) is 54.2 Å². The number of amides is 1. The first-order valence-corrected chi connectivity index (χ1v) is 10.1. The highest BCUT2D eigenvalue weighted by Gasteiger charge is 2.23. The van der Waals surface area contributed by atoms with Crippen LogP contribution in [0.4, 0.5) is 5.82 Å². The van der Waals surface area contributed by atoms with Gasteiger partial charge in [0.25, 0.3) is 5.91 Å². The molecule has 4 aromatic rings. The summed E-state index contributed by atoms with van der Waals surface area (Å²) in [6.45, 7) is 0.719. The average Bonchev–Trinajstić information content (AvgIpc) is 3.49. The van der Waals surface area contributed by atoms with E-state index in [1.165, 1.54) is 0 Å². The molecule has 0 aliphatic heterocycles. The number of benzene rings is 1.